The van der Waals surface area contributed by atoms with Crippen molar-refractivity contribution in [1.29, 1.82) is 0 Å². The molecular weight excluding hydrogens is 479 g/mol. The number of nitrogens with zero attached hydrogens (tertiary/aromatic N) is 2. The highest BCUT2D eigenvalue weighted by molar-refractivity contribution is 7.89. The molecule has 1 spiro atoms. The van der Waals surface area contributed by atoms with E-state index >= 15 is 0 Å². The van der Waals surface area contributed by atoms with Crippen LogP contribution in [0.25, 0.3) is 0 Å². The summed E-state index contributed by atoms with van der Waals surface area (Å²) in [7, 11) is -3.49. The molecule has 0 bridgehead atoms. The number of aliphatic imine (C=N–C) groups is 1. The molecule has 0 unspecified atom stereocenters. The molecule has 0 saturated carbocycles. The third-order valence-electron chi connectivity index (χ3n) is 6.35. The normalized spacial score (nSPS) is 18.4. The highest BCUT2D eigenvalue weighted by Gasteiger charge is 2.43. The van der Waals surface area contributed by atoms with Crippen LogP contribution in [0.15, 0.2) is 58.4 Å². The number of amidine groups is 1. The molecule has 33 heavy (non-hydrogen) atoms. The fourth-order valence-electron chi connectivity index (χ4n) is 4.50. The molecule has 6 nitrogen and oxygen atoms in total. The van der Waals surface area contributed by atoms with Crippen LogP contribution < -0.4 is 10.6 Å². The Morgan fingerprint density at radius 2 is 1.70 bits per heavy atom. The van der Waals surface area contributed by atoms with E-state index in [0.29, 0.717) is 37.4 Å². The zero-order chi connectivity index (χ0) is 22.6. The number of piperidine rings is 1. The fourth-order valence-corrected chi connectivity index (χ4v) is 6.07. The number of sulfonamides is 1. The summed E-state index contributed by atoms with van der Waals surface area (Å²) in [4.78, 5) is 5.14. The first-order valence-electron chi connectivity index (χ1n) is 11.3. The molecule has 1 saturated heterocycles. The van der Waals surface area contributed by atoms with Crippen molar-refractivity contribution in [2.75, 3.05) is 26.2 Å². The Hall–Kier alpha value is -1.64. The second-order valence-corrected chi connectivity index (χ2v) is 10.9. The van der Waals surface area contributed by atoms with Gasteiger partial charge in [0.15, 0.2) is 0 Å². The van der Waals surface area contributed by atoms with E-state index in [1.807, 2.05) is 36.4 Å². The fraction of sp³-hybridized carbons (Fsp3) is 0.458. The molecule has 2 aromatic carbocycles. The Morgan fingerprint density at radius 1 is 1.06 bits per heavy atom. The van der Waals surface area contributed by atoms with Gasteiger partial charge in [0.25, 0.3) is 0 Å². The first-order valence-corrected chi connectivity index (χ1v) is 13.1. The molecule has 2 aromatic rings. The van der Waals surface area contributed by atoms with Crippen molar-refractivity contribution >= 4 is 39.9 Å². The van der Waals surface area contributed by atoms with Gasteiger partial charge in [-0.15, -0.1) is 12.4 Å². The zero-order valence-corrected chi connectivity index (χ0v) is 21.3. The summed E-state index contributed by atoms with van der Waals surface area (Å²) in [6, 6.07) is 15.1. The second-order valence-electron chi connectivity index (χ2n) is 8.52. The summed E-state index contributed by atoms with van der Waals surface area (Å²) < 4.78 is 28.0. The number of hydrogen-bond donors (Lipinski definition) is 2. The lowest BCUT2D eigenvalue weighted by molar-refractivity contribution is 0.241. The number of aryl methyl sites for hydroxylation is 1. The predicted octanol–water partition coefficient (Wildman–Crippen LogP) is 4.03. The number of rotatable bonds is 6. The standard InChI is InChI=1S/C24H31ClN4O2S.ClH/c1-2-3-19-6-10-22(11-7-19)32(30,31)29-16-12-24(13-17-29)23(26-14-15-28-24)27-18-20-4-8-21(25)9-5-20;/h4-11,28H,2-3,12-18H2,1H3,(H,26,27);1H. The van der Waals surface area contributed by atoms with Crippen LogP contribution in [-0.2, 0) is 23.0 Å². The number of halogens is 2. The topological polar surface area (TPSA) is 73.8 Å². The van der Waals surface area contributed by atoms with E-state index in [2.05, 4.69) is 17.6 Å². The molecule has 4 rings (SSSR count). The van der Waals surface area contributed by atoms with Gasteiger partial charge < -0.3 is 10.6 Å². The summed E-state index contributed by atoms with van der Waals surface area (Å²) in [5, 5.41) is 7.84. The van der Waals surface area contributed by atoms with E-state index in [4.69, 9.17) is 16.6 Å². The maximum absolute atomic E-state index is 13.2. The van der Waals surface area contributed by atoms with E-state index in [1.165, 1.54) is 5.56 Å². The Kier molecular flexibility index (Phi) is 8.81. The maximum Gasteiger partial charge on any atom is 0.243 e. The first kappa shape index (κ1) is 26.0. The van der Waals surface area contributed by atoms with Crippen molar-refractivity contribution in [3.63, 3.8) is 0 Å². The van der Waals surface area contributed by atoms with Gasteiger partial charge in [0.2, 0.25) is 10.0 Å². The molecule has 2 aliphatic heterocycles. The summed E-state index contributed by atoms with van der Waals surface area (Å²) >= 11 is 5.99. The Morgan fingerprint density at radius 3 is 2.33 bits per heavy atom. The van der Waals surface area contributed by atoms with Crippen molar-refractivity contribution in [3.05, 3.63) is 64.7 Å². The molecule has 180 valence electrons. The van der Waals surface area contributed by atoms with Gasteiger partial charge in [-0.1, -0.05) is 49.2 Å². The van der Waals surface area contributed by atoms with Crippen LogP contribution in [0, 0.1) is 0 Å². The summed E-state index contributed by atoms with van der Waals surface area (Å²) in [5.41, 5.74) is 1.99. The molecule has 2 heterocycles. The van der Waals surface area contributed by atoms with Crippen LogP contribution in [0.3, 0.4) is 0 Å². The average molecular weight is 512 g/mol. The molecule has 0 aliphatic carbocycles. The van der Waals surface area contributed by atoms with Crippen molar-refractivity contribution in [1.82, 2.24) is 14.9 Å². The summed E-state index contributed by atoms with van der Waals surface area (Å²) in [5.74, 6) is 0.930. The highest BCUT2D eigenvalue weighted by Crippen LogP contribution is 2.29. The van der Waals surface area contributed by atoms with Gasteiger partial charge in [-0.25, -0.2) is 8.42 Å². The molecule has 0 amide bonds. The number of hydrogen-bond acceptors (Lipinski definition) is 5. The van der Waals surface area contributed by atoms with E-state index in [0.717, 1.165) is 42.4 Å². The van der Waals surface area contributed by atoms with Gasteiger partial charge >= 0.3 is 0 Å². The lowest BCUT2D eigenvalue weighted by Gasteiger charge is -2.44. The summed E-state index contributed by atoms with van der Waals surface area (Å²) in [6.45, 7) is 5.23. The predicted molar refractivity (Wildman–Crippen MR) is 137 cm³/mol. The van der Waals surface area contributed by atoms with Gasteiger partial charge in [0, 0.05) is 31.2 Å². The van der Waals surface area contributed by atoms with Crippen LogP contribution in [0.5, 0.6) is 0 Å². The van der Waals surface area contributed by atoms with Crippen LogP contribution in [-0.4, -0.2) is 50.3 Å². The lowest BCUT2D eigenvalue weighted by Crippen LogP contribution is -2.64. The maximum atomic E-state index is 13.2. The van der Waals surface area contributed by atoms with Gasteiger partial charge in [-0.2, -0.15) is 4.31 Å². The Balaban J connectivity index is 0.00000306. The van der Waals surface area contributed by atoms with Gasteiger partial charge in [0.1, 0.15) is 5.84 Å². The van der Waals surface area contributed by atoms with Crippen LogP contribution in [0.4, 0.5) is 0 Å². The van der Waals surface area contributed by atoms with Gasteiger partial charge in [0.05, 0.1) is 17.0 Å². The molecule has 2 aliphatic rings. The number of benzene rings is 2. The van der Waals surface area contributed by atoms with Gasteiger partial charge in [-0.05, 0) is 54.7 Å². The SMILES string of the molecule is CCCc1ccc(S(=O)(=O)N2CCC3(CC2)NCCN=C3NCc2ccc(Cl)cc2)cc1.Cl. The van der Waals surface area contributed by atoms with Crippen molar-refractivity contribution in [3.8, 4) is 0 Å². The molecule has 0 aromatic heterocycles. The van der Waals surface area contributed by atoms with Crippen LogP contribution in [0.1, 0.15) is 37.3 Å². The second kappa shape index (κ2) is 11.2. The largest absolute Gasteiger partial charge is 0.368 e. The summed E-state index contributed by atoms with van der Waals surface area (Å²) in [6.07, 6.45) is 3.38. The Bertz CT molecular complexity index is 1050. The van der Waals surface area contributed by atoms with Crippen molar-refractivity contribution < 1.29 is 8.42 Å². The minimum Gasteiger partial charge on any atom is -0.368 e. The Labute approximate surface area is 208 Å². The molecule has 9 heteroatoms. The van der Waals surface area contributed by atoms with E-state index in [-0.39, 0.29) is 17.9 Å². The lowest BCUT2D eigenvalue weighted by atomic mass is 9.85. The smallest absolute Gasteiger partial charge is 0.243 e. The highest BCUT2D eigenvalue weighted by atomic mass is 35.5. The molecule has 0 atom stereocenters. The molecular formula is C24H32Cl2N4O2S. The third-order valence-corrected chi connectivity index (χ3v) is 8.51. The zero-order valence-electron chi connectivity index (χ0n) is 18.9. The molecule has 0 radical (unpaired) electrons. The van der Waals surface area contributed by atoms with Crippen LogP contribution in [0.2, 0.25) is 5.02 Å². The average Bonchev–Trinajstić information content (AvgIpc) is 2.81. The minimum absolute atomic E-state index is 0. The molecule has 1 fully saturated rings. The third kappa shape index (κ3) is 5.89. The minimum atomic E-state index is -3.49. The quantitative estimate of drug-likeness (QED) is 0.615. The molecule has 2 N–H and O–H groups in total. The monoisotopic (exact) mass is 510 g/mol. The first-order chi connectivity index (χ1) is 15.4. The number of nitrogens with one attached hydrogen (secondary N) is 2. The van der Waals surface area contributed by atoms with E-state index < -0.39 is 10.0 Å². The van der Waals surface area contributed by atoms with E-state index in [9.17, 15) is 8.42 Å². The van der Waals surface area contributed by atoms with Crippen molar-refractivity contribution in [2.45, 2.75) is 49.6 Å². The van der Waals surface area contributed by atoms with E-state index in [1.54, 1.807) is 16.4 Å². The van der Waals surface area contributed by atoms with Crippen LogP contribution >= 0.6 is 24.0 Å². The van der Waals surface area contributed by atoms with Gasteiger partial charge in [-0.3, -0.25) is 4.99 Å². The van der Waals surface area contributed by atoms with Crippen molar-refractivity contribution in [2.24, 2.45) is 4.99 Å².